The molecule has 8 nitrogen and oxygen atoms in total. The minimum Gasteiger partial charge on any atom is -0.468 e. The van der Waals surface area contributed by atoms with E-state index in [-0.39, 0.29) is 22.9 Å². The SMILES string of the molecule is COC(=O)[C@@H]1CN(C(=O)CSc2nnnn2-c2cc(C)cc(C)c2)CCS1. The third-order valence-electron chi connectivity index (χ3n) is 4.10. The van der Waals surface area contributed by atoms with Crippen molar-refractivity contribution in [3.05, 3.63) is 29.3 Å². The molecule has 0 bridgehead atoms. The van der Waals surface area contributed by atoms with Gasteiger partial charge in [-0.05, 0) is 47.5 Å². The maximum atomic E-state index is 12.6. The summed E-state index contributed by atoms with van der Waals surface area (Å²) < 4.78 is 6.43. The van der Waals surface area contributed by atoms with Crippen molar-refractivity contribution in [2.24, 2.45) is 0 Å². The van der Waals surface area contributed by atoms with Gasteiger partial charge in [0.25, 0.3) is 0 Å². The molecule has 27 heavy (non-hydrogen) atoms. The standard InChI is InChI=1S/C17H21N5O3S2/c1-11-6-12(2)8-13(7-11)22-17(18-19-20-22)27-10-15(23)21-4-5-26-14(9-21)16(24)25-3/h6-8,14H,4-5,9-10H2,1-3H3/t14-/m0/s1. The third-order valence-corrected chi connectivity index (χ3v) is 6.17. The monoisotopic (exact) mass is 407 g/mol. The molecule has 1 atom stereocenters. The Morgan fingerprint density at radius 2 is 2.04 bits per heavy atom. The van der Waals surface area contributed by atoms with Gasteiger partial charge in [0.1, 0.15) is 5.25 Å². The van der Waals surface area contributed by atoms with Crippen molar-refractivity contribution >= 4 is 35.4 Å². The van der Waals surface area contributed by atoms with Gasteiger partial charge in [0.2, 0.25) is 11.1 Å². The number of nitrogens with zero attached hydrogens (tertiary/aromatic N) is 5. The topological polar surface area (TPSA) is 90.2 Å². The molecule has 144 valence electrons. The smallest absolute Gasteiger partial charge is 0.320 e. The van der Waals surface area contributed by atoms with E-state index < -0.39 is 0 Å². The molecule has 1 aromatic carbocycles. The molecule has 1 amide bonds. The second-order valence-electron chi connectivity index (χ2n) is 6.23. The van der Waals surface area contributed by atoms with Gasteiger partial charge in [-0.3, -0.25) is 9.59 Å². The number of aryl methyl sites for hydroxylation is 2. The third kappa shape index (κ3) is 4.81. The number of rotatable bonds is 5. The van der Waals surface area contributed by atoms with Crippen LogP contribution >= 0.6 is 23.5 Å². The Balaban J connectivity index is 1.65. The van der Waals surface area contributed by atoms with Crippen LogP contribution in [0.15, 0.2) is 23.4 Å². The Labute approximate surface area is 166 Å². The lowest BCUT2D eigenvalue weighted by molar-refractivity contribution is -0.141. The molecule has 10 heteroatoms. The zero-order valence-electron chi connectivity index (χ0n) is 15.4. The lowest BCUT2D eigenvalue weighted by Crippen LogP contribution is -2.45. The summed E-state index contributed by atoms with van der Waals surface area (Å²) in [6.07, 6.45) is 0. The Morgan fingerprint density at radius 3 is 2.74 bits per heavy atom. The largest absolute Gasteiger partial charge is 0.468 e. The maximum absolute atomic E-state index is 12.6. The quantitative estimate of drug-likeness (QED) is 0.544. The van der Waals surface area contributed by atoms with E-state index >= 15 is 0 Å². The first-order valence-electron chi connectivity index (χ1n) is 8.45. The minimum absolute atomic E-state index is 0.0378. The molecule has 0 saturated carbocycles. The van der Waals surface area contributed by atoms with Crippen LogP contribution in [0.3, 0.4) is 0 Å². The van der Waals surface area contributed by atoms with Crippen LogP contribution in [0, 0.1) is 13.8 Å². The molecule has 1 aliphatic rings. The number of ether oxygens (including phenoxy) is 1. The van der Waals surface area contributed by atoms with Crippen molar-refractivity contribution in [2.45, 2.75) is 24.3 Å². The molecule has 0 radical (unpaired) electrons. The number of hydrogen-bond donors (Lipinski definition) is 0. The van der Waals surface area contributed by atoms with Gasteiger partial charge in [-0.1, -0.05) is 17.8 Å². The number of aromatic nitrogens is 4. The normalized spacial score (nSPS) is 17.0. The average Bonchev–Trinajstić information content (AvgIpc) is 3.13. The van der Waals surface area contributed by atoms with Crippen LogP contribution in [0.25, 0.3) is 5.69 Å². The molecule has 1 aromatic heterocycles. The molecule has 1 aliphatic heterocycles. The Morgan fingerprint density at radius 1 is 1.30 bits per heavy atom. The van der Waals surface area contributed by atoms with E-state index in [1.807, 2.05) is 26.0 Å². The van der Waals surface area contributed by atoms with Crippen LogP contribution in [0.5, 0.6) is 0 Å². The van der Waals surface area contributed by atoms with Gasteiger partial charge in [-0.25, -0.2) is 0 Å². The van der Waals surface area contributed by atoms with Crippen LogP contribution in [0.2, 0.25) is 0 Å². The molecule has 0 spiro atoms. The minimum atomic E-state index is -0.321. The summed E-state index contributed by atoms with van der Waals surface area (Å²) in [4.78, 5) is 26.0. The Kier molecular flexibility index (Phi) is 6.38. The van der Waals surface area contributed by atoms with Crippen molar-refractivity contribution in [1.29, 1.82) is 0 Å². The van der Waals surface area contributed by atoms with E-state index in [9.17, 15) is 9.59 Å². The number of benzene rings is 1. The number of amides is 1. The fourth-order valence-corrected chi connectivity index (χ4v) is 4.79. The molecule has 2 heterocycles. The summed E-state index contributed by atoms with van der Waals surface area (Å²) in [5, 5.41) is 12.1. The van der Waals surface area contributed by atoms with Crippen LogP contribution in [0.4, 0.5) is 0 Å². The number of tetrazole rings is 1. The number of esters is 1. The molecule has 0 unspecified atom stereocenters. The van der Waals surface area contributed by atoms with Crippen molar-refractivity contribution in [2.75, 3.05) is 31.7 Å². The molecule has 3 rings (SSSR count). The highest BCUT2D eigenvalue weighted by Gasteiger charge is 2.29. The summed E-state index contributed by atoms with van der Waals surface area (Å²) in [6.45, 7) is 5.03. The predicted molar refractivity (Wildman–Crippen MR) is 104 cm³/mol. The van der Waals surface area contributed by atoms with Crippen LogP contribution in [0.1, 0.15) is 11.1 Å². The summed E-state index contributed by atoms with van der Waals surface area (Å²) >= 11 is 2.81. The number of hydrogen-bond acceptors (Lipinski definition) is 8. The zero-order chi connectivity index (χ0) is 19.4. The first-order valence-corrected chi connectivity index (χ1v) is 10.5. The van der Waals surface area contributed by atoms with E-state index in [0.717, 1.165) is 22.6 Å². The lowest BCUT2D eigenvalue weighted by Gasteiger charge is -2.30. The molecule has 0 aliphatic carbocycles. The zero-order valence-corrected chi connectivity index (χ0v) is 17.0. The van der Waals surface area contributed by atoms with Gasteiger partial charge in [0, 0.05) is 18.8 Å². The second-order valence-corrected chi connectivity index (χ2v) is 8.48. The highest BCUT2D eigenvalue weighted by Crippen LogP contribution is 2.23. The van der Waals surface area contributed by atoms with E-state index in [1.165, 1.54) is 30.6 Å². The number of thioether (sulfide) groups is 2. The predicted octanol–water partition coefficient (Wildman–Crippen LogP) is 1.49. The fourth-order valence-electron chi connectivity index (χ4n) is 2.87. The first-order chi connectivity index (χ1) is 13.0. The highest BCUT2D eigenvalue weighted by molar-refractivity contribution is 8.00. The number of methoxy groups -OCH3 is 1. The number of carbonyl (C=O) groups excluding carboxylic acids is 2. The van der Waals surface area contributed by atoms with E-state index in [4.69, 9.17) is 4.74 Å². The van der Waals surface area contributed by atoms with Crippen LogP contribution in [-0.2, 0) is 14.3 Å². The van der Waals surface area contributed by atoms with Gasteiger partial charge in [0.15, 0.2) is 0 Å². The fraction of sp³-hybridized carbons (Fsp3) is 0.471. The van der Waals surface area contributed by atoms with Gasteiger partial charge in [-0.15, -0.1) is 16.9 Å². The Hall–Kier alpha value is -2.07. The summed E-state index contributed by atoms with van der Waals surface area (Å²) in [6, 6.07) is 6.08. The highest BCUT2D eigenvalue weighted by atomic mass is 32.2. The summed E-state index contributed by atoms with van der Waals surface area (Å²) in [7, 11) is 1.37. The van der Waals surface area contributed by atoms with Crippen LogP contribution < -0.4 is 0 Å². The van der Waals surface area contributed by atoms with Crippen molar-refractivity contribution in [3.63, 3.8) is 0 Å². The van der Waals surface area contributed by atoms with Crippen LogP contribution in [-0.4, -0.2) is 73.9 Å². The lowest BCUT2D eigenvalue weighted by atomic mass is 10.1. The molecular weight excluding hydrogens is 386 g/mol. The summed E-state index contributed by atoms with van der Waals surface area (Å²) in [5.74, 6) is 0.605. The van der Waals surface area contributed by atoms with Gasteiger partial charge < -0.3 is 9.64 Å². The molecule has 2 aromatic rings. The first kappa shape index (κ1) is 19.7. The van der Waals surface area contributed by atoms with E-state index in [0.29, 0.717) is 18.2 Å². The number of carbonyl (C=O) groups is 2. The Bertz CT molecular complexity index is 821. The second kappa shape index (κ2) is 8.75. The van der Waals surface area contributed by atoms with E-state index in [2.05, 4.69) is 21.6 Å². The van der Waals surface area contributed by atoms with E-state index in [1.54, 1.807) is 9.58 Å². The maximum Gasteiger partial charge on any atom is 0.320 e. The van der Waals surface area contributed by atoms with Gasteiger partial charge >= 0.3 is 5.97 Å². The average molecular weight is 408 g/mol. The summed E-state index contributed by atoms with van der Waals surface area (Å²) in [5.41, 5.74) is 3.10. The van der Waals surface area contributed by atoms with Gasteiger partial charge in [-0.2, -0.15) is 4.68 Å². The molecule has 1 saturated heterocycles. The van der Waals surface area contributed by atoms with Gasteiger partial charge in [0.05, 0.1) is 18.6 Å². The van der Waals surface area contributed by atoms with Crippen molar-refractivity contribution in [1.82, 2.24) is 25.1 Å². The van der Waals surface area contributed by atoms with Crippen molar-refractivity contribution < 1.29 is 14.3 Å². The molecule has 0 N–H and O–H groups in total. The van der Waals surface area contributed by atoms with Crippen molar-refractivity contribution in [3.8, 4) is 5.69 Å². The molecule has 1 fully saturated rings. The molecular formula is C17H21N5O3S2.